The molecule has 2 N–H and O–H groups in total. The zero-order valence-electron chi connectivity index (χ0n) is 13.7. The minimum Gasteiger partial charge on any atom is -0.495 e. The number of nitrogens with one attached hydrogen (secondary N) is 2. The topological polar surface area (TPSA) is 66.5 Å². The van der Waals surface area contributed by atoms with Crippen molar-refractivity contribution in [1.29, 1.82) is 0 Å². The molecule has 1 amide bonds. The predicted molar refractivity (Wildman–Crippen MR) is 91.4 cm³/mol. The summed E-state index contributed by atoms with van der Waals surface area (Å²) in [5.41, 5.74) is 1.99. The van der Waals surface area contributed by atoms with Gasteiger partial charge in [0.25, 0.3) is 5.91 Å². The number of anilines is 2. The van der Waals surface area contributed by atoms with Gasteiger partial charge in [-0.2, -0.15) is 0 Å². The van der Waals surface area contributed by atoms with Crippen LogP contribution >= 0.6 is 0 Å². The summed E-state index contributed by atoms with van der Waals surface area (Å²) in [7, 11) is 5.54. The van der Waals surface area contributed by atoms with E-state index in [9.17, 15) is 4.79 Å². The monoisotopic (exact) mass is 314 g/mol. The SMILES string of the molecule is COc1ccccc1Nc1ccnc(C(=O)NCCN(C)C)c1. The number of carbonyl (C=O) groups is 1. The molecule has 0 bridgehead atoms. The van der Waals surface area contributed by atoms with Crippen LogP contribution in [0.25, 0.3) is 0 Å². The molecule has 23 heavy (non-hydrogen) atoms. The van der Waals surface area contributed by atoms with Crippen LogP contribution in [0, 0.1) is 0 Å². The van der Waals surface area contributed by atoms with Gasteiger partial charge in [-0.15, -0.1) is 0 Å². The van der Waals surface area contributed by atoms with Crippen molar-refractivity contribution in [2.45, 2.75) is 0 Å². The van der Waals surface area contributed by atoms with E-state index in [0.717, 1.165) is 23.7 Å². The van der Waals surface area contributed by atoms with Gasteiger partial charge >= 0.3 is 0 Å². The number of benzene rings is 1. The molecule has 6 nitrogen and oxygen atoms in total. The van der Waals surface area contributed by atoms with Crippen molar-refractivity contribution in [3.8, 4) is 5.75 Å². The maximum absolute atomic E-state index is 12.1. The van der Waals surface area contributed by atoms with Crippen LogP contribution in [0.4, 0.5) is 11.4 Å². The van der Waals surface area contributed by atoms with Crippen LogP contribution in [0.5, 0.6) is 5.75 Å². The number of pyridine rings is 1. The minimum atomic E-state index is -0.185. The molecule has 2 rings (SSSR count). The molecule has 1 aromatic heterocycles. The van der Waals surface area contributed by atoms with E-state index in [1.807, 2.05) is 49.3 Å². The van der Waals surface area contributed by atoms with Crippen LogP contribution in [0.3, 0.4) is 0 Å². The lowest BCUT2D eigenvalue weighted by Crippen LogP contribution is -2.31. The average Bonchev–Trinajstić information content (AvgIpc) is 2.55. The van der Waals surface area contributed by atoms with Gasteiger partial charge in [-0.3, -0.25) is 9.78 Å². The fourth-order valence-corrected chi connectivity index (χ4v) is 2.02. The number of methoxy groups -OCH3 is 1. The molecule has 0 radical (unpaired) electrons. The highest BCUT2D eigenvalue weighted by Crippen LogP contribution is 2.26. The Morgan fingerprint density at radius 3 is 2.78 bits per heavy atom. The number of hydrogen-bond donors (Lipinski definition) is 2. The third-order valence-corrected chi connectivity index (χ3v) is 3.22. The molecule has 2 aromatic rings. The molecule has 0 spiro atoms. The fraction of sp³-hybridized carbons (Fsp3) is 0.294. The van der Waals surface area contributed by atoms with Gasteiger partial charge in [-0.25, -0.2) is 0 Å². The van der Waals surface area contributed by atoms with Crippen molar-refractivity contribution < 1.29 is 9.53 Å². The lowest BCUT2D eigenvalue weighted by Gasteiger charge is -2.12. The molecule has 122 valence electrons. The molecule has 0 aliphatic heterocycles. The Bertz CT molecular complexity index is 659. The van der Waals surface area contributed by atoms with Crippen LogP contribution in [0.1, 0.15) is 10.5 Å². The highest BCUT2D eigenvalue weighted by Gasteiger charge is 2.08. The number of aromatic nitrogens is 1. The molecular formula is C17H22N4O2. The summed E-state index contributed by atoms with van der Waals surface area (Å²) < 4.78 is 5.31. The first-order valence-electron chi connectivity index (χ1n) is 7.39. The Balaban J connectivity index is 2.06. The van der Waals surface area contributed by atoms with Crippen molar-refractivity contribution in [1.82, 2.24) is 15.2 Å². The van der Waals surface area contributed by atoms with Gasteiger partial charge in [0, 0.05) is 25.0 Å². The number of carbonyl (C=O) groups excluding carboxylic acids is 1. The third-order valence-electron chi connectivity index (χ3n) is 3.22. The van der Waals surface area contributed by atoms with E-state index in [1.54, 1.807) is 19.4 Å². The van der Waals surface area contributed by atoms with Crippen molar-refractivity contribution in [3.05, 3.63) is 48.3 Å². The Labute approximate surface area is 136 Å². The third kappa shape index (κ3) is 4.96. The molecule has 0 saturated carbocycles. The number of nitrogens with zero attached hydrogens (tertiary/aromatic N) is 2. The summed E-state index contributed by atoms with van der Waals surface area (Å²) in [6, 6.07) is 11.1. The Hall–Kier alpha value is -2.60. The molecule has 1 aromatic carbocycles. The van der Waals surface area contributed by atoms with E-state index in [2.05, 4.69) is 15.6 Å². The van der Waals surface area contributed by atoms with Gasteiger partial charge in [-0.1, -0.05) is 12.1 Å². The van der Waals surface area contributed by atoms with Crippen molar-refractivity contribution in [3.63, 3.8) is 0 Å². The molecule has 0 fully saturated rings. The van der Waals surface area contributed by atoms with Crippen molar-refractivity contribution >= 4 is 17.3 Å². The maximum Gasteiger partial charge on any atom is 0.269 e. The first kappa shape index (κ1) is 16.8. The number of ether oxygens (including phenoxy) is 1. The second-order valence-corrected chi connectivity index (χ2v) is 5.31. The summed E-state index contributed by atoms with van der Waals surface area (Å²) in [5, 5.41) is 6.09. The maximum atomic E-state index is 12.1. The summed E-state index contributed by atoms with van der Waals surface area (Å²) in [6.07, 6.45) is 1.61. The lowest BCUT2D eigenvalue weighted by atomic mass is 10.2. The number of amides is 1. The Kier molecular flexibility index (Phi) is 5.94. The largest absolute Gasteiger partial charge is 0.495 e. The fourth-order valence-electron chi connectivity index (χ4n) is 2.02. The number of para-hydroxylation sites is 2. The molecule has 6 heteroatoms. The molecular weight excluding hydrogens is 292 g/mol. The zero-order chi connectivity index (χ0) is 16.7. The van der Waals surface area contributed by atoms with Gasteiger partial charge in [-0.05, 0) is 38.4 Å². The number of hydrogen-bond acceptors (Lipinski definition) is 5. The van der Waals surface area contributed by atoms with Gasteiger partial charge in [0.15, 0.2) is 0 Å². The summed E-state index contributed by atoms with van der Waals surface area (Å²) in [4.78, 5) is 18.2. The predicted octanol–water partition coefficient (Wildman–Crippen LogP) is 2.13. The Morgan fingerprint density at radius 1 is 1.26 bits per heavy atom. The second-order valence-electron chi connectivity index (χ2n) is 5.31. The van der Waals surface area contributed by atoms with E-state index >= 15 is 0 Å². The normalized spacial score (nSPS) is 10.4. The quantitative estimate of drug-likeness (QED) is 0.819. The van der Waals surface area contributed by atoms with Gasteiger partial charge in [0.1, 0.15) is 11.4 Å². The first-order valence-corrected chi connectivity index (χ1v) is 7.39. The molecule has 0 aliphatic rings. The van der Waals surface area contributed by atoms with E-state index in [1.165, 1.54) is 0 Å². The highest BCUT2D eigenvalue weighted by atomic mass is 16.5. The van der Waals surface area contributed by atoms with E-state index < -0.39 is 0 Å². The molecule has 0 aliphatic carbocycles. The summed E-state index contributed by atoms with van der Waals surface area (Å²) in [5.74, 6) is 0.553. The lowest BCUT2D eigenvalue weighted by molar-refractivity contribution is 0.0946. The molecule has 0 atom stereocenters. The zero-order valence-corrected chi connectivity index (χ0v) is 13.7. The van der Waals surface area contributed by atoms with Gasteiger partial charge < -0.3 is 20.3 Å². The first-order chi connectivity index (χ1) is 11.1. The van der Waals surface area contributed by atoms with E-state index in [-0.39, 0.29) is 5.91 Å². The average molecular weight is 314 g/mol. The molecule has 0 unspecified atom stereocenters. The smallest absolute Gasteiger partial charge is 0.269 e. The second kappa shape index (κ2) is 8.14. The standard InChI is InChI=1S/C17H22N4O2/c1-21(2)11-10-19-17(22)15-12-13(8-9-18-15)20-14-6-4-5-7-16(14)23-3/h4-9,12H,10-11H2,1-3H3,(H,18,20)(H,19,22). The van der Waals surface area contributed by atoms with E-state index in [0.29, 0.717) is 12.2 Å². The summed E-state index contributed by atoms with van der Waals surface area (Å²) in [6.45, 7) is 1.36. The van der Waals surface area contributed by atoms with Crippen LogP contribution < -0.4 is 15.4 Å². The van der Waals surface area contributed by atoms with E-state index in [4.69, 9.17) is 4.74 Å². The summed E-state index contributed by atoms with van der Waals surface area (Å²) >= 11 is 0. The minimum absolute atomic E-state index is 0.185. The molecule has 0 saturated heterocycles. The van der Waals surface area contributed by atoms with Crippen molar-refractivity contribution in [2.75, 3.05) is 39.6 Å². The van der Waals surface area contributed by atoms with Crippen LogP contribution in [-0.2, 0) is 0 Å². The van der Waals surface area contributed by atoms with Crippen molar-refractivity contribution in [2.24, 2.45) is 0 Å². The van der Waals surface area contributed by atoms with Crippen LogP contribution in [-0.4, -0.2) is 50.1 Å². The van der Waals surface area contributed by atoms with Gasteiger partial charge in [0.2, 0.25) is 0 Å². The molecule has 1 heterocycles. The Morgan fingerprint density at radius 2 is 2.04 bits per heavy atom. The van der Waals surface area contributed by atoms with Gasteiger partial charge in [0.05, 0.1) is 12.8 Å². The van der Waals surface area contributed by atoms with Crippen LogP contribution in [0.2, 0.25) is 0 Å². The van der Waals surface area contributed by atoms with Crippen LogP contribution in [0.15, 0.2) is 42.6 Å². The highest BCUT2D eigenvalue weighted by molar-refractivity contribution is 5.93. The number of likely N-dealkylation sites (N-methyl/N-ethyl adjacent to an activating group) is 1. The number of rotatable bonds is 7.